The van der Waals surface area contributed by atoms with E-state index in [-0.39, 0.29) is 11.8 Å². The molecule has 1 aliphatic rings. The largest absolute Gasteiger partial charge is 0.341 e. The van der Waals surface area contributed by atoms with Crippen LogP contribution in [0.2, 0.25) is 0 Å². The van der Waals surface area contributed by atoms with Crippen molar-refractivity contribution in [2.45, 2.75) is 33.1 Å². The summed E-state index contributed by atoms with van der Waals surface area (Å²) in [6.45, 7) is 5.64. The zero-order chi connectivity index (χ0) is 22.5. The number of rotatable bonds is 6. The van der Waals surface area contributed by atoms with Gasteiger partial charge in [0.2, 0.25) is 11.9 Å². The van der Waals surface area contributed by atoms with E-state index in [1.807, 2.05) is 32.3 Å². The zero-order valence-corrected chi connectivity index (χ0v) is 18.2. The summed E-state index contributed by atoms with van der Waals surface area (Å²) < 4.78 is 0. The number of amides is 1. The van der Waals surface area contributed by atoms with Crippen LogP contribution < -0.4 is 10.2 Å². The number of nitrogens with one attached hydrogen (secondary N) is 1. The summed E-state index contributed by atoms with van der Waals surface area (Å²) >= 11 is 0. The quantitative estimate of drug-likeness (QED) is 0.640. The third kappa shape index (κ3) is 4.89. The highest BCUT2D eigenvalue weighted by atomic mass is 16.1. The summed E-state index contributed by atoms with van der Waals surface area (Å²) in [7, 11) is 0. The first-order valence-electron chi connectivity index (χ1n) is 10.8. The molecule has 1 aromatic carbocycles. The number of nitriles is 1. The van der Waals surface area contributed by atoms with Crippen LogP contribution >= 0.6 is 0 Å². The van der Waals surface area contributed by atoms with E-state index >= 15 is 0 Å². The summed E-state index contributed by atoms with van der Waals surface area (Å²) in [4.78, 5) is 32.2. The third-order valence-electron chi connectivity index (χ3n) is 5.37. The van der Waals surface area contributed by atoms with Gasteiger partial charge in [0.25, 0.3) is 0 Å². The molecule has 0 aliphatic carbocycles. The van der Waals surface area contributed by atoms with Crippen molar-refractivity contribution in [2.24, 2.45) is 5.92 Å². The highest BCUT2D eigenvalue weighted by molar-refractivity contribution is 5.93. The molecule has 162 valence electrons. The first-order chi connectivity index (χ1) is 15.5. The minimum atomic E-state index is -0.168. The first kappa shape index (κ1) is 21.4. The Morgan fingerprint density at radius 1 is 1.16 bits per heavy atom. The first-order valence-corrected chi connectivity index (χ1v) is 10.8. The SMILES string of the molecule is CC(C)C(=O)Nc1ccc(-c2ccnc(Cc3cnc(N4CCCC4)nc3)n2)cc1C#N. The maximum atomic E-state index is 12.0. The maximum Gasteiger partial charge on any atom is 0.226 e. The van der Waals surface area contributed by atoms with E-state index < -0.39 is 0 Å². The Hall–Kier alpha value is -3.86. The Labute approximate surface area is 187 Å². The number of nitrogens with zero attached hydrogens (tertiary/aromatic N) is 6. The summed E-state index contributed by atoms with van der Waals surface area (Å²) in [6, 6.07) is 9.27. The van der Waals surface area contributed by atoms with Crippen LogP contribution in [0.1, 0.15) is 43.6 Å². The van der Waals surface area contributed by atoms with Gasteiger partial charge in [-0.05, 0) is 36.6 Å². The van der Waals surface area contributed by atoms with E-state index in [1.165, 1.54) is 12.8 Å². The number of aromatic nitrogens is 4. The second-order valence-electron chi connectivity index (χ2n) is 8.14. The lowest BCUT2D eigenvalue weighted by molar-refractivity contribution is -0.118. The van der Waals surface area contributed by atoms with Crippen LogP contribution in [0.5, 0.6) is 0 Å². The van der Waals surface area contributed by atoms with E-state index in [9.17, 15) is 10.1 Å². The number of hydrogen-bond donors (Lipinski definition) is 1. The van der Waals surface area contributed by atoms with Gasteiger partial charge >= 0.3 is 0 Å². The van der Waals surface area contributed by atoms with E-state index in [4.69, 9.17) is 0 Å². The molecule has 4 rings (SSSR count). The molecule has 8 heteroatoms. The Morgan fingerprint density at radius 2 is 1.91 bits per heavy atom. The molecule has 1 saturated heterocycles. The molecule has 3 heterocycles. The molecule has 0 spiro atoms. The Balaban J connectivity index is 1.51. The van der Waals surface area contributed by atoms with E-state index in [2.05, 4.69) is 36.2 Å². The molecule has 0 saturated carbocycles. The highest BCUT2D eigenvalue weighted by Gasteiger charge is 2.15. The number of benzene rings is 1. The molecule has 1 aliphatic heterocycles. The van der Waals surface area contributed by atoms with Crippen LogP contribution in [-0.4, -0.2) is 38.9 Å². The number of anilines is 2. The number of carbonyl (C=O) groups excluding carboxylic acids is 1. The van der Waals surface area contributed by atoms with Crippen molar-refractivity contribution in [3.05, 3.63) is 59.8 Å². The number of hydrogen-bond acceptors (Lipinski definition) is 7. The Morgan fingerprint density at radius 3 is 2.59 bits per heavy atom. The molecule has 0 bridgehead atoms. The lowest BCUT2D eigenvalue weighted by Gasteiger charge is -2.14. The molecule has 32 heavy (non-hydrogen) atoms. The molecule has 2 aromatic heterocycles. The van der Waals surface area contributed by atoms with Gasteiger partial charge in [0, 0.05) is 49.6 Å². The Kier molecular flexibility index (Phi) is 6.36. The average Bonchev–Trinajstić information content (AvgIpc) is 3.35. The van der Waals surface area contributed by atoms with Crippen LogP contribution in [-0.2, 0) is 11.2 Å². The minimum absolute atomic E-state index is 0.128. The summed E-state index contributed by atoms with van der Waals surface area (Å²) in [5, 5.41) is 12.3. The maximum absolute atomic E-state index is 12.0. The predicted octanol–water partition coefficient (Wildman–Crippen LogP) is 3.59. The predicted molar refractivity (Wildman–Crippen MR) is 122 cm³/mol. The molecule has 0 atom stereocenters. The fourth-order valence-electron chi connectivity index (χ4n) is 3.53. The van der Waals surface area contributed by atoms with Crippen LogP contribution in [0.25, 0.3) is 11.3 Å². The molecule has 0 unspecified atom stereocenters. The normalized spacial score (nSPS) is 13.2. The summed E-state index contributed by atoms with van der Waals surface area (Å²) in [5.74, 6) is 1.13. The monoisotopic (exact) mass is 427 g/mol. The van der Waals surface area contributed by atoms with Crippen LogP contribution in [0, 0.1) is 17.2 Å². The van der Waals surface area contributed by atoms with Gasteiger partial charge in [0.1, 0.15) is 11.9 Å². The molecule has 1 amide bonds. The van der Waals surface area contributed by atoms with Gasteiger partial charge in [0.15, 0.2) is 0 Å². The average molecular weight is 428 g/mol. The van der Waals surface area contributed by atoms with Crippen LogP contribution in [0.15, 0.2) is 42.9 Å². The highest BCUT2D eigenvalue weighted by Crippen LogP contribution is 2.24. The van der Waals surface area contributed by atoms with E-state index in [0.29, 0.717) is 29.2 Å². The molecule has 8 nitrogen and oxygen atoms in total. The minimum Gasteiger partial charge on any atom is -0.341 e. The topological polar surface area (TPSA) is 108 Å². The fraction of sp³-hybridized carbons (Fsp3) is 0.333. The van der Waals surface area contributed by atoms with Crippen LogP contribution in [0.4, 0.5) is 11.6 Å². The van der Waals surface area contributed by atoms with Crippen molar-refractivity contribution in [1.29, 1.82) is 5.26 Å². The molecular formula is C24H25N7O. The van der Waals surface area contributed by atoms with E-state index in [0.717, 1.165) is 30.2 Å². The van der Waals surface area contributed by atoms with Crippen molar-refractivity contribution in [3.63, 3.8) is 0 Å². The second-order valence-corrected chi connectivity index (χ2v) is 8.14. The van der Waals surface area contributed by atoms with Gasteiger partial charge < -0.3 is 10.2 Å². The lowest BCUT2D eigenvalue weighted by atomic mass is 10.1. The van der Waals surface area contributed by atoms with Crippen molar-refractivity contribution in [1.82, 2.24) is 19.9 Å². The van der Waals surface area contributed by atoms with Crippen molar-refractivity contribution in [2.75, 3.05) is 23.3 Å². The standard InChI is InChI=1S/C24H25N7O/c1-16(2)23(32)30-20-6-5-18(12-19(20)13-25)21-7-8-26-22(29-21)11-17-14-27-24(28-15-17)31-9-3-4-10-31/h5-8,12,14-16H,3-4,9-11H2,1-2H3,(H,30,32). The third-order valence-corrected chi connectivity index (χ3v) is 5.37. The van der Waals surface area contributed by atoms with Gasteiger partial charge in [-0.25, -0.2) is 19.9 Å². The fourth-order valence-corrected chi connectivity index (χ4v) is 3.53. The van der Waals surface area contributed by atoms with Gasteiger partial charge in [-0.1, -0.05) is 19.9 Å². The second kappa shape index (κ2) is 9.52. The molecule has 0 radical (unpaired) electrons. The Bertz CT molecular complexity index is 1150. The molecule has 3 aromatic rings. The molecule has 1 fully saturated rings. The van der Waals surface area contributed by atoms with Crippen molar-refractivity contribution < 1.29 is 4.79 Å². The van der Waals surface area contributed by atoms with Gasteiger partial charge in [-0.2, -0.15) is 5.26 Å². The van der Waals surface area contributed by atoms with Gasteiger partial charge in [-0.3, -0.25) is 4.79 Å². The van der Waals surface area contributed by atoms with E-state index in [1.54, 1.807) is 24.4 Å². The molecular weight excluding hydrogens is 402 g/mol. The number of carbonyl (C=O) groups is 1. The van der Waals surface area contributed by atoms with Crippen molar-refractivity contribution >= 4 is 17.5 Å². The zero-order valence-electron chi connectivity index (χ0n) is 18.2. The van der Waals surface area contributed by atoms with Gasteiger partial charge in [-0.15, -0.1) is 0 Å². The molecule has 1 N–H and O–H groups in total. The summed E-state index contributed by atoms with van der Waals surface area (Å²) in [5.41, 5.74) is 3.33. The lowest BCUT2D eigenvalue weighted by Crippen LogP contribution is -2.20. The summed E-state index contributed by atoms with van der Waals surface area (Å²) in [6.07, 6.45) is 8.25. The van der Waals surface area contributed by atoms with Crippen molar-refractivity contribution in [3.8, 4) is 17.3 Å². The van der Waals surface area contributed by atoms with Gasteiger partial charge in [0.05, 0.1) is 16.9 Å². The van der Waals surface area contributed by atoms with Crippen LogP contribution in [0.3, 0.4) is 0 Å². The smallest absolute Gasteiger partial charge is 0.226 e.